The van der Waals surface area contributed by atoms with Gasteiger partial charge in [0.05, 0.1) is 16.4 Å². The Hall–Kier alpha value is -2.50. The summed E-state index contributed by atoms with van der Waals surface area (Å²) >= 11 is 11.9. The molecule has 0 atom stereocenters. The van der Waals surface area contributed by atoms with Crippen LogP contribution < -0.4 is 10.1 Å². The molecule has 2 heterocycles. The van der Waals surface area contributed by atoms with Crippen molar-refractivity contribution in [3.8, 4) is 17.0 Å². The van der Waals surface area contributed by atoms with Crippen LogP contribution in [0.25, 0.3) is 11.3 Å². The van der Waals surface area contributed by atoms with Gasteiger partial charge in [-0.1, -0.05) is 41.4 Å². The number of carbonyl (C=O) groups excluding carboxylic acids is 1. The molecular weight excluding hydrogens is 397 g/mol. The minimum atomic E-state index is -0.276. The second-order valence-corrected chi connectivity index (χ2v) is 7.49. The van der Waals surface area contributed by atoms with Gasteiger partial charge in [0.15, 0.2) is 6.61 Å². The van der Waals surface area contributed by atoms with Crippen molar-refractivity contribution in [3.63, 3.8) is 0 Å². The van der Waals surface area contributed by atoms with Gasteiger partial charge in [0.2, 0.25) is 0 Å². The molecule has 1 N–H and O–H groups in total. The zero-order chi connectivity index (χ0) is 19.5. The Kier molecular flexibility index (Phi) is 5.55. The highest BCUT2D eigenvalue weighted by molar-refractivity contribution is 6.35. The number of nitrogens with one attached hydrogen (secondary N) is 1. The van der Waals surface area contributed by atoms with Gasteiger partial charge in [-0.15, -0.1) is 0 Å². The quantitative estimate of drug-likeness (QED) is 0.621. The van der Waals surface area contributed by atoms with E-state index < -0.39 is 0 Å². The van der Waals surface area contributed by atoms with Crippen molar-refractivity contribution in [1.29, 1.82) is 0 Å². The molecule has 0 radical (unpaired) electrons. The first-order valence-corrected chi connectivity index (χ1v) is 9.89. The number of nitrogens with zero attached hydrogens (tertiary/aromatic N) is 2. The van der Waals surface area contributed by atoms with E-state index in [2.05, 4.69) is 16.1 Å². The van der Waals surface area contributed by atoms with Crippen LogP contribution in [0.1, 0.15) is 18.7 Å². The SMILES string of the molecule is O=C(COc1ccc(Cl)cc1Cl)Nc1ccccc1-c1cn2c(n1)CCCC2. The maximum atomic E-state index is 12.4. The number of rotatable bonds is 5. The van der Waals surface area contributed by atoms with E-state index in [1.54, 1.807) is 18.2 Å². The summed E-state index contributed by atoms with van der Waals surface area (Å²) in [4.78, 5) is 17.2. The fourth-order valence-corrected chi connectivity index (χ4v) is 3.74. The molecule has 0 saturated heterocycles. The van der Waals surface area contributed by atoms with Gasteiger partial charge in [0, 0.05) is 29.7 Å². The van der Waals surface area contributed by atoms with Gasteiger partial charge in [0.25, 0.3) is 5.91 Å². The molecule has 3 aromatic rings. The molecule has 2 aromatic carbocycles. The lowest BCUT2D eigenvalue weighted by molar-refractivity contribution is -0.118. The molecule has 144 valence electrons. The van der Waals surface area contributed by atoms with E-state index in [-0.39, 0.29) is 12.5 Å². The van der Waals surface area contributed by atoms with Crippen LogP contribution in [-0.4, -0.2) is 22.1 Å². The Balaban J connectivity index is 1.47. The summed E-state index contributed by atoms with van der Waals surface area (Å²) in [5.74, 6) is 1.24. The molecule has 4 rings (SSSR count). The maximum absolute atomic E-state index is 12.4. The molecule has 0 saturated carbocycles. The molecule has 1 aliphatic rings. The molecule has 0 bridgehead atoms. The van der Waals surface area contributed by atoms with Crippen molar-refractivity contribution in [2.75, 3.05) is 11.9 Å². The van der Waals surface area contributed by atoms with E-state index in [1.165, 1.54) is 12.8 Å². The summed E-state index contributed by atoms with van der Waals surface area (Å²) in [6, 6.07) is 12.5. The predicted molar refractivity (Wildman–Crippen MR) is 111 cm³/mol. The minimum Gasteiger partial charge on any atom is -0.482 e. The lowest BCUT2D eigenvalue weighted by atomic mass is 10.1. The number of amides is 1. The first kappa shape index (κ1) is 18.8. The Labute approximate surface area is 173 Å². The van der Waals surface area contributed by atoms with Gasteiger partial charge in [-0.2, -0.15) is 0 Å². The Bertz CT molecular complexity index is 993. The van der Waals surface area contributed by atoms with E-state index >= 15 is 0 Å². The van der Waals surface area contributed by atoms with Crippen LogP contribution in [0, 0.1) is 0 Å². The van der Waals surface area contributed by atoms with Crippen molar-refractivity contribution in [3.05, 3.63) is 64.5 Å². The molecule has 0 spiro atoms. The van der Waals surface area contributed by atoms with E-state index in [4.69, 9.17) is 32.9 Å². The van der Waals surface area contributed by atoms with E-state index in [0.717, 1.165) is 30.0 Å². The number of fused-ring (bicyclic) bond motifs is 1. The summed E-state index contributed by atoms with van der Waals surface area (Å²) < 4.78 is 7.71. The van der Waals surface area contributed by atoms with Crippen LogP contribution in [0.2, 0.25) is 10.0 Å². The lowest BCUT2D eigenvalue weighted by Crippen LogP contribution is -2.20. The van der Waals surface area contributed by atoms with E-state index in [9.17, 15) is 4.79 Å². The Morgan fingerprint density at radius 1 is 1.18 bits per heavy atom. The zero-order valence-electron chi connectivity index (χ0n) is 15.1. The van der Waals surface area contributed by atoms with E-state index in [1.807, 2.05) is 24.3 Å². The largest absolute Gasteiger partial charge is 0.482 e. The molecule has 7 heteroatoms. The second-order valence-electron chi connectivity index (χ2n) is 6.65. The molecule has 1 aromatic heterocycles. The minimum absolute atomic E-state index is 0.157. The second kappa shape index (κ2) is 8.25. The highest BCUT2D eigenvalue weighted by Gasteiger charge is 2.16. The third kappa shape index (κ3) is 4.16. The van der Waals surface area contributed by atoms with Crippen LogP contribution >= 0.6 is 23.2 Å². The number of halogens is 2. The highest BCUT2D eigenvalue weighted by atomic mass is 35.5. The number of hydrogen-bond donors (Lipinski definition) is 1. The lowest BCUT2D eigenvalue weighted by Gasteiger charge is -2.11. The number of ether oxygens (including phenoxy) is 1. The van der Waals surface area contributed by atoms with Gasteiger partial charge < -0.3 is 14.6 Å². The molecule has 28 heavy (non-hydrogen) atoms. The molecule has 5 nitrogen and oxygen atoms in total. The average molecular weight is 416 g/mol. The number of carbonyl (C=O) groups is 1. The first-order valence-electron chi connectivity index (χ1n) is 9.13. The zero-order valence-corrected chi connectivity index (χ0v) is 16.6. The fraction of sp³-hybridized carbons (Fsp3) is 0.238. The van der Waals surface area contributed by atoms with Gasteiger partial charge in [0.1, 0.15) is 11.6 Å². The summed E-state index contributed by atoms with van der Waals surface area (Å²) in [6.07, 6.45) is 5.39. The van der Waals surface area contributed by atoms with Gasteiger partial charge in [-0.25, -0.2) is 4.98 Å². The molecule has 1 amide bonds. The summed E-state index contributed by atoms with van der Waals surface area (Å²) in [6.45, 7) is 0.835. The number of benzene rings is 2. The number of anilines is 1. The maximum Gasteiger partial charge on any atom is 0.262 e. The van der Waals surface area contributed by atoms with Gasteiger partial charge >= 0.3 is 0 Å². The number of aryl methyl sites for hydroxylation is 2. The van der Waals surface area contributed by atoms with Crippen molar-refractivity contribution in [1.82, 2.24) is 9.55 Å². The molecule has 0 aliphatic carbocycles. The Morgan fingerprint density at radius 2 is 2.04 bits per heavy atom. The fourth-order valence-electron chi connectivity index (χ4n) is 3.28. The topological polar surface area (TPSA) is 56.1 Å². The molecule has 1 aliphatic heterocycles. The summed E-state index contributed by atoms with van der Waals surface area (Å²) in [7, 11) is 0. The monoisotopic (exact) mass is 415 g/mol. The third-order valence-electron chi connectivity index (χ3n) is 4.64. The summed E-state index contributed by atoms with van der Waals surface area (Å²) in [5.41, 5.74) is 2.46. The van der Waals surface area contributed by atoms with E-state index in [0.29, 0.717) is 21.5 Å². The highest BCUT2D eigenvalue weighted by Crippen LogP contribution is 2.30. The predicted octanol–water partition coefficient (Wildman–Crippen LogP) is 5.21. The van der Waals surface area contributed by atoms with Crippen LogP contribution in [0.4, 0.5) is 5.69 Å². The number of imidazole rings is 1. The van der Waals surface area contributed by atoms with Crippen LogP contribution in [0.15, 0.2) is 48.7 Å². The summed E-state index contributed by atoms with van der Waals surface area (Å²) in [5, 5.41) is 3.79. The Morgan fingerprint density at radius 3 is 2.86 bits per heavy atom. The van der Waals surface area contributed by atoms with Gasteiger partial charge in [-0.3, -0.25) is 4.79 Å². The van der Waals surface area contributed by atoms with Gasteiger partial charge in [-0.05, 0) is 37.1 Å². The number of hydrogen-bond acceptors (Lipinski definition) is 3. The number of aromatic nitrogens is 2. The normalized spacial score (nSPS) is 13.1. The smallest absolute Gasteiger partial charge is 0.262 e. The van der Waals surface area contributed by atoms with Crippen molar-refractivity contribution in [2.24, 2.45) is 0 Å². The standard InChI is InChI=1S/C21H19Cl2N3O2/c22-14-8-9-19(16(23)11-14)28-13-21(27)25-17-6-2-1-5-15(17)18-12-26-10-4-3-7-20(26)24-18/h1-2,5-6,8-9,11-12H,3-4,7,10,13H2,(H,25,27). The molecular formula is C21H19Cl2N3O2. The first-order chi connectivity index (χ1) is 13.6. The van der Waals surface area contributed by atoms with Crippen molar-refractivity contribution >= 4 is 34.8 Å². The van der Waals surface area contributed by atoms with Crippen molar-refractivity contribution in [2.45, 2.75) is 25.8 Å². The van der Waals surface area contributed by atoms with Crippen LogP contribution in [-0.2, 0) is 17.8 Å². The molecule has 0 fully saturated rings. The number of para-hydroxylation sites is 1. The van der Waals surface area contributed by atoms with Crippen LogP contribution in [0.3, 0.4) is 0 Å². The third-order valence-corrected chi connectivity index (χ3v) is 5.17. The van der Waals surface area contributed by atoms with Crippen LogP contribution in [0.5, 0.6) is 5.75 Å². The van der Waals surface area contributed by atoms with Crippen molar-refractivity contribution < 1.29 is 9.53 Å². The molecule has 0 unspecified atom stereocenters. The average Bonchev–Trinajstić information content (AvgIpc) is 3.12.